The minimum absolute atomic E-state index is 0.107. The second-order valence-corrected chi connectivity index (χ2v) is 8.75. The summed E-state index contributed by atoms with van der Waals surface area (Å²) in [5.74, 6) is 0.307. The average Bonchev–Trinajstić information content (AvgIpc) is 2.54. The summed E-state index contributed by atoms with van der Waals surface area (Å²) >= 11 is 0. The van der Waals surface area contributed by atoms with Gasteiger partial charge in [-0.15, -0.1) is 0 Å². The van der Waals surface area contributed by atoms with Crippen LogP contribution in [0.2, 0.25) is 0 Å². The molecule has 3 saturated heterocycles. The van der Waals surface area contributed by atoms with E-state index in [0.717, 1.165) is 19.3 Å². The SMILES string of the molecule is CC(C)(C)OC(=O)N1CC2CCC1C(CO)(C1(O)CCOCC1)C2. The third-order valence-corrected chi connectivity index (χ3v) is 6.13. The fourth-order valence-electron chi connectivity index (χ4n) is 4.98. The quantitative estimate of drug-likeness (QED) is 0.802. The van der Waals surface area contributed by atoms with Crippen LogP contribution in [-0.2, 0) is 9.47 Å². The van der Waals surface area contributed by atoms with Crippen LogP contribution in [0.3, 0.4) is 0 Å². The molecule has 0 aromatic heterocycles. The first kappa shape index (κ1) is 18.0. The van der Waals surface area contributed by atoms with E-state index in [1.54, 1.807) is 4.90 Å². The van der Waals surface area contributed by atoms with E-state index in [0.29, 0.717) is 38.5 Å². The van der Waals surface area contributed by atoms with Gasteiger partial charge < -0.3 is 24.6 Å². The Morgan fingerprint density at radius 3 is 2.50 bits per heavy atom. The number of nitrogens with zero attached hydrogens (tertiary/aromatic N) is 1. The highest BCUT2D eigenvalue weighted by Crippen LogP contribution is 2.55. The van der Waals surface area contributed by atoms with Crippen LogP contribution in [0, 0.1) is 11.3 Å². The minimum Gasteiger partial charge on any atom is -0.444 e. The molecule has 3 unspecified atom stereocenters. The Kier molecular flexibility index (Phi) is 4.60. The third kappa shape index (κ3) is 2.93. The minimum atomic E-state index is -0.982. The maximum atomic E-state index is 12.7. The van der Waals surface area contributed by atoms with Crippen molar-refractivity contribution in [2.24, 2.45) is 11.3 Å². The van der Waals surface area contributed by atoms with Gasteiger partial charge in [0.25, 0.3) is 0 Å². The second-order valence-electron chi connectivity index (χ2n) is 8.75. The highest BCUT2D eigenvalue weighted by Gasteiger charge is 2.62. The van der Waals surface area contributed by atoms with E-state index < -0.39 is 16.6 Å². The number of piperidine rings is 2. The summed E-state index contributed by atoms with van der Waals surface area (Å²) in [5.41, 5.74) is -2.20. The van der Waals surface area contributed by atoms with E-state index in [-0.39, 0.29) is 18.7 Å². The zero-order chi connectivity index (χ0) is 17.6. The lowest BCUT2D eigenvalue weighted by molar-refractivity contribution is -0.220. The van der Waals surface area contributed by atoms with Gasteiger partial charge in [-0.2, -0.15) is 0 Å². The number of rotatable bonds is 2. The van der Waals surface area contributed by atoms with E-state index in [9.17, 15) is 15.0 Å². The first-order valence-corrected chi connectivity index (χ1v) is 9.11. The van der Waals surface area contributed by atoms with E-state index >= 15 is 0 Å². The van der Waals surface area contributed by atoms with Crippen LogP contribution in [0.1, 0.15) is 52.9 Å². The van der Waals surface area contributed by atoms with Crippen LogP contribution < -0.4 is 0 Å². The number of hydrogen-bond acceptors (Lipinski definition) is 5. The van der Waals surface area contributed by atoms with Gasteiger partial charge in [-0.25, -0.2) is 4.79 Å². The molecule has 6 nitrogen and oxygen atoms in total. The van der Waals surface area contributed by atoms with Crippen LogP contribution in [0.25, 0.3) is 0 Å². The van der Waals surface area contributed by atoms with Crippen molar-refractivity contribution in [3.8, 4) is 0 Å². The summed E-state index contributed by atoms with van der Waals surface area (Å²) < 4.78 is 11.0. The molecule has 24 heavy (non-hydrogen) atoms. The van der Waals surface area contributed by atoms with Gasteiger partial charge >= 0.3 is 6.09 Å². The van der Waals surface area contributed by atoms with Crippen molar-refractivity contribution in [1.82, 2.24) is 4.90 Å². The molecule has 1 amide bonds. The van der Waals surface area contributed by atoms with Crippen molar-refractivity contribution >= 4 is 6.09 Å². The summed E-state index contributed by atoms with van der Waals surface area (Å²) in [6.07, 6.45) is 3.32. The van der Waals surface area contributed by atoms with Gasteiger partial charge in [0.05, 0.1) is 12.2 Å². The van der Waals surface area contributed by atoms with Crippen LogP contribution in [0.4, 0.5) is 4.79 Å². The Bertz CT molecular complexity index is 482. The molecule has 0 aromatic rings. The Balaban J connectivity index is 1.89. The molecule has 0 radical (unpaired) electrons. The van der Waals surface area contributed by atoms with Crippen molar-refractivity contribution < 1.29 is 24.5 Å². The Morgan fingerprint density at radius 1 is 1.29 bits per heavy atom. The zero-order valence-electron chi connectivity index (χ0n) is 15.1. The van der Waals surface area contributed by atoms with Gasteiger partial charge in [0, 0.05) is 44.1 Å². The lowest BCUT2D eigenvalue weighted by Crippen LogP contribution is -2.70. The first-order chi connectivity index (χ1) is 11.2. The van der Waals surface area contributed by atoms with Crippen molar-refractivity contribution in [3.05, 3.63) is 0 Å². The molecule has 0 spiro atoms. The first-order valence-electron chi connectivity index (χ1n) is 9.11. The van der Waals surface area contributed by atoms with Crippen molar-refractivity contribution in [3.63, 3.8) is 0 Å². The highest BCUT2D eigenvalue weighted by molar-refractivity contribution is 5.69. The van der Waals surface area contributed by atoms with Crippen LogP contribution in [0.15, 0.2) is 0 Å². The molecule has 4 aliphatic rings. The number of amides is 1. The van der Waals surface area contributed by atoms with Crippen LogP contribution >= 0.6 is 0 Å². The van der Waals surface area contributed by atoms with Gasteiger partial charge in [-0.1, -0.05) is 0 Å². The van der Waals surface area contributed by atoms with Gasteiger partial charge in [0.2, 0.25) is 0 Å². The largest absolute Gasteiger partial charge is 0.444 e. The predicted molar refractivity (Wildman–Crippen MR) is 88.6 cm³/mol. The molecule has 3 aliphatic heterocycles. The summed E-state index contributed by atoms with van der Waals surface area (Å²) in [4.78, 5) is 14.5. The normalized spacial score (nSPS) is 35.8. The number of aliphatic hydroxyl groups excluding tert-OH is 1. The lowest BCUT2D eigenvalue weighted by Gasteiger charge is -2.62. The van der Waals surface area contributed by atoms with Gasteiger partial charge in [-0.05, 0) is 46.0 Å². The molecule has 1 saturated carbocycles. The van der Waals surface area contributed by atoms with Gasteiger partial charge in [-0.3, -0.25) is 0 Å². The zero-order valence-corrected chi connectivity index (χ0v) is 15.1. The highest BCUT2D eigenvalue weighted by atomic mass is 16.6. The van der Waals surface area contributed by atoms with E-state index in [4.69, 9.17) is 9.47 Å². The smallest absolute Gasteiger partial charge is 0.410 e. The molecule has 4 rings (SSSR count). The maximum Gasteiger partial charge on any atom is 0.410 e. The third-order valence-electron chi connectivity index (χ3n) is 6.13. The van der Waals surface area contributed by atoms with Gasteiger partial charge in [0.1, 0.15) is 5.60 Å². The number of carbonyl (C=O) groups excluding carboxylic acids is 1. The molecule has 1 aliphatic carbocycles. The number of fused-ring (bicyclic) bond motifs is 3. The number of ether oxygens (including phenoxy) is 2. The standard InChI is InChI=1S/C18H31NO5/c1-16(2,3)24-15(21)19-11-13-4-5-14(19)17(10-13,12-20)18(22)6-8-23-9-7-18/h13-14,20,22H,4-12H2,1-3H3. The number of aliphatic hydroxyl groups is 2. The molecular weight excluding hydrogens is 310 g/mol. The fraction of sp³-hybridized carbons (Fsp3) is 0.944. The molecule has 6 heteroatoms. The maximum absolute atomic E-state index is 12.7. The Hall–Kier alpha value is -0.850. The molecule has 138 valence electrons. The molecule has 3 heterocycles. The fourth-order valence-corrected chi connectivity index (χ4v) is 4.98. The van der Waals surface area contributed by atoms with E-state index in [1.165, 1.54) is 0 Å². The molecule has 0 aromatic carbocycles. The van der Waals surface area contributed by atoms with Crippen molar-refractivity contribution in [2.45, 2.75) is 70.1 Å². The van der Waals surface area contributed by atoms with Crippen LogP contribution in [-0.4, -0.2) is 64.8 Å². The topological polar surface area (TPSA) is 79.2 Å². The van der Waals surface area contributed by atoms with Crippen molar-refractivity contribution in [1.29, 1.82) is 0 Å². The van der Waals surface area contributed by atoms with Gasteiger partial charge in [0.15, 0.2) is 0 Å². The molecule has 3 atom stereocenters. The Labute approximate surface area is 144 Å². The second kappa shape index (κ2) is 6.15. The van der Waals surface area contributed by atoms with Crippen LogP contribution in [0.5, 0.6) is 0 Å². The van der Waals surface area contributed by atoms with E-state index in [1.807, 2.05) is 20.8 Å². The predicted octanol–water partition coefficient (Wildman–Crippen LogP) is 1.93. The summed E-state index contributed by atoms with van der Waals surface area (Å²) in [5, 5.41) is 21.7. The monoisotopic (exact) mass is 341 g/mol. The summed E-state index contributed by atoms with van der Waals surface area (Å²) in [6.45, 7) is 7.14. The summed E-state index contributed by atoms with van der Waals surface area (Å²) in [7, 11) is 0. The lowest BCUT2D eigenvalue weighted by atomic mass is 9.53. The van der Waals surface area contributed by atoms with E-state index in [2.05, 4.69) is 0 Å². The molecule has 4 fully saturated rings. The summed E-state index contributed by atoms with van der Waals surface area (Å²) in [6, 6.07) is -0.176. The van der Waals surface area contributed by atoms with Crippen molar-refractivity contribution in [2.75, 3.05) is 26.4 Å². The number of hydrogen-bond donors (Lipinski definition) is 2. The molecule has 2 bridgehead atoms. The Morgan fingerprint density at radius 2 is 1.96 bits per heavy atom. The average molecular weight is 341 g/mol. The molecule has 2 N–H and O–H groups in total. The number of carbonyl (C=O) groups is 1. The molecular formula is C18H31NO5.